The van der Waals surface area contributed by atoms with E-state index in [9.17, 15) is 15.2 Å². The number of aryl methyl sites for hydroxylation is 1. The fraction of sp³-hybridized carbons (Fsp3) is 0.136. The van der Waals surface area contributed by atoms with Crippen molar-refractivity contribution in [1.82, 2.24) is 4.57 Å². The Morgan fingerprint density at radius 1 is 1.15 bits per heavy atom. The molecule has 0 spiro atoms. The standard InChI is InChI=1S/C22H19N3O2/c1-15-7-6-10-18(11-15)24-13-20-16(2)19(12-23)21(26)25(22(20)27)14-17-8-4-3-5-9-17/h3-11,13,27H,14H2,1-2H3. The van der Waals surface area contributed by atoms with E-state index in [0.717, 1.165) is 16.8 Å². The molecule has 3 aromatic rings. The van der Waals surface area contributed by atoms with Crippen LogP contribution < -0.4 is 5.56 Å². The zero-order valence-electron chi connectivity index (χ0n) is 15.2. The van der Waals surface area contributed by atoms with Gasteiger partial charge in [-0.1, -0.05) is 42.5 Å². The van der Waals surface area contributed by atoms with Crippen molar-refractivity contribution in [2.75, 3.05) is 0 Å². The second kappa shape index (κ2) is 7.71. The lowest BCUT2D eigenvalue weighted by molar-refractivity contribution is 0.413. The first-order chi connectivity index (χ1) is 13.0. The normalized spacial score (nSPS) is 10.9. The molecule has 1 heterocycles. The lowest BCUT2D eigenvalue weighted by Gasteiger charge is -2.14. The molecular formula is C22H19N3O2. The summed E-state index contributed by atoms with van der Waals surface area (Å²) in [6.07, 6.45) is 1.50. The molecule has 0 saturated heterocycles. The fourth-order valence-electron chi connectivity index (χ4n) is 2.89. The van der Waals surface area contributed by atoms with E-state index in [-0.39, 0.29) is 18.0 Å². The highest BCUT2D eigenvalue weighted by Crippen LogP contribution is 2.22. The van der Waals surface area contributed by atoms with Crippen LogP contribution in [-0.2, 0) is 6.54 Å². The van der Waals surface area contributed by atoms with Gasteiger partial charge in [0, 0.05) is 6.21 Å². The Kier molecular flexibility index (Phi) is 5.18. The summed E-state index contributed by atoms with van der Waals surface area (Å²) in [4.78, 5) is 17.1. The summed E-state index contributed by atoms with van der Waals surface area (Å²) in [7, 11) is 0. The van der Waals surface area contributed by atoms with Crippen molar-refractivity contribution in [3.63, 3.8) is 0 Å². The van der Waals surface area contributed by atoms with Gasteiger partial charge in [0.1, 0.15) is 11.6 Å². The number of aromatic nitrogens is 1. The van der Waals surface area contributed by atoms with E-state index in [1.54, 1.807) is 6.92 Å². The first-order valence-corrected chi connectivity index (χ1v) is 8.52. The van der Waals surface area contributed by atoms with E-state index in [2.05, 4.69) is 4.99 Å². The topological polar surface area (TPSA) is 78.4 Å². The van der Waals surface area contributed by atoms with Crippen molar-refractivity contribution in [3.05, 3.63) is 92.8 Å². The zero-order chi connectivity index (χ0) is 19.4. The minimum absolute atomic E-state index is 0.00873. The molecule has 0 aliphatic carbocycles. The van der Waals surface area contributed by atoms with Crippen molar-refractivity contribution in [2.24, 2.45) is 4.99 Å². The van der Waals surface area contributed by atoms with Gasteiger partial charge in [-0.05, 0) is 42.7 Å². The number of nitrogens with zero attached hydrogens (tertiary/aromatic N) is 3. The average Bonchev–Trinajstić information content (AvgIpc) is 2.66. The van der Waals surface area contributed by atoms with E-state index < -0.39 is 5.56 Å². The molecule has 0 bridgehead atoms. The largest absolute Gasteiger partial charge is 0.494 e. The van der Waals surface area contributed by atoms with E-state index in [0.29, 0.717) is 11.1 Å². The predicted octanol–water partition coefficient (Wildman–Crippen LogP) is 3.84. The average molecular weight is 357 g/mol. The van der Waals surface area contributed by atoms with Crippen LogP contribution in [0.15, 0.2) is 64.4 Å². The molecule has 0 unspecified atom stereocenters. The third kappa shape index (κ3) is 3.80. The van der Waals surface area contributed by atoms with Crippen LogP contribution in [0.3, 0.4) is 0 Å². The summed E-state index contributed by atoms with van der Waals surface area (Å²) in [6.45, 7) is 3.78. The number of rotatable bonds is 4. The maximum Gasteiger partial charge on any atom is 0.271 e. The first-order valence-electron chi connectivity index (χ1n) is 8.52. The van der Waals surface area contributed by atoms with Crippen LogP contribution in [0, 0.1) is 25.2 Å². The van der Waals surface area contributed by atoms with Crippen molar-refractivity contribution >= 4 is 11.9 Å². The lowest BCUT2D eigenvalue weighted by Crippen LogP contribution is -2.25. The molecule has 2 aromatic carbocycles. The third-order valence-corrected chi connectivity index (χ3v) is 4.37. The molecule has 5 nitrogen and oxygen atoms in total. The predicted molar refractivity (Wildman–Crippen MR) is 106 cm³/mol. The molecular weight excluding hydrogens is 338 g/mol. The van der Waals surface area contributed by atoms with Gasteiger partial charge in [0.05, 0.1) is 17.8 Å². The highest BCUT2D eigenvalue weighted by atomic mass is 16.3. The summed E-state index contributed by atoms with van der Waals surface area (Å²) in [5, 5.41) is 20.2. The van der Waals surface area contributed by atoms with Crippen molar-refractivity contribution < 1.29 is 5.11 Å². The minimum Gasteiger partial charge on any atom is -0.494 e. The Balaban J connectivity index is 2.12. The summed E-state index contributed by atoms with van der Waals surface area (Å²) in [5.74, 6) is -0.197. The zero-order valence-corrected chi connectivity index (χ0v) is 15.2. The summed E-state index contributed by atoms with van der Waals surface area (Å²) < 4.78 is 1.21. The van der Waals surface area contributed by atoms with Gasteiger partial charge < -0.3 is 5.11 Å². The lowest BCUT2D eigenvalue weighted by atomic mass is 10.1. The SMILES string of the molecule is Cc1cccc(N=Cc2c(C)c(C#N)c(=O)n(Cc3ccccc3)c2O)c1. The molecule has 0 saturated carbocycles. The Bertz CT molecular complexity index is 1110. The van der Waals surface area contributed by atoms with Crippen molar-refractivity contribution in [1.29, 1.82) is 5.26 Å². The van der Waals surface area contributed by atoms with E-state index in [1.807, 2.05) is 67.6 Å². The maximum atomic E-state index is 12.7. The Morgan fingerprint density at radius 3 is 2.56 bits per heavy atom. The molecule has 0 aliphatic heterocycles. The molecule has 0 radical (unpaired) electrons. The number of nitriles is 1. The van der Waals surface area contributed by atoms with Crippen LogP contribution >= 0.6 is 0 Å². The molecule has 1 N–H and O–H groups in total. The van der Waals surface area contributed by atoms with Gasteiger partial charge in [0.2, 0.25) is 5.88 Å². The molecule has 0 aliphatic rings. The van der Waals surface area contributed by atoms with Crippen LogP contribution in [-0.4, -0.2) is 15.9 Å². The van der Waals surface area contributed by atoms with E-state index in [1.165, 1.54) is 10.8 Å². The maximum absolute atomic E-state index is 12.7. The molecule has 0 fully saturated rings. The summed E-state index contributed by atoms with van der Waals surface area (Å²) in [5.41, 5.74) is 2.93. The number of hydrogen-bond donors (Lipinski definition) is 1. The van der Waals surface area contributed by atoms with Crippen molar-refractivity contribution in [2.45, 2.75) is 20.4 Å². The van der Waals surface area contributed by atoms with Gasteiger partial charge in [-0.3, -0.25) is 14.4 Å². The number of aliphatic imine (C=N–C) groups is 1. The Hall–Kier alpha value is -3.65. The van der Waals surface area contributed by atoms with Crippen LogP contribution in [0.2, 0.25) is 0 Å². The van der Waals surface area contributed by atoms with Crippen LogP contribution in [0.5, 0.6) is 5.88 Å². The van der Waals surface area contributed by atoms with Gasteiger partial charge in [0.15, 0.2) is 0 Å². The fourth-order valence-corrected chi connectivity index (χ4v) is 2.89. The molecule has 3 rings (SSSR count). The summed E-state index contributed by atoms with van der Waals surface area (Å²) in [6, 6.07) is 18.9. The third-order valence-electron chi connectivity index (χ3n) is 4.37. The van der Waals surface area contributed by atoms with Gasteiger partial charge in [-0.25, -0.2) is 0 Å². The Morgan fingerprint density at radius 2 is 1.89 bits per heavy atom. The second-order valence-electron chi connectivity index (χ2n) is 6.32. The molecule has 1 aromatic heterocycles. The second-order valence-corrected chi connectivity index (χ2v) is 6.32. The van der Waals surface area contributed by atoms with Gasteiger partial charge in [-0.15, -0.1) is 0 Å². The van der Waals surface area contributed by atoms with Gasteiger partial charge in [-0.2, -0.15) is 5.26 Å². The molecule has 0 atom stereocenters. The highest BCUT2D eigenvalue weighted by molar-refractivity contribution is 5.87. The molecule has 27 heavy (non-hydrogen) atoms. The van der Waals surface area contributed by atoms with E-state index >= 15 is 0 Å². The van der Waals surface area contributed by atoms with Crippen LogP contribution in [0.4, 0.5) is 5.69 Å². The molecule has 5 heteroatoms. The monoisotopic (exact) mass is 357 g/mol. The number of hydrogen-bond acceptors (Lipinski definition) is 4. The smallest absolute Gasteiger partial charge is 0.271 e. The first kappa shape index (κ1) is 18.2. The molecule has 0 amide bonds. The number of benzene rings is 2. The van der Waals surface area contributed by atoms with Gasteiger partial charge in [0.25, 0.3) is 5.56 Å². The highest BCUT2D eigenvalue weighted by Gasteiger charge is 2.18. The van der Waals surface area contributed by atoms with Crippen LogP contribution in [0.1, 0.15) is 27.8 Å². The quantitative estimate of drug-likeness (QED) is 0.721. The van der Waals surface area contributed by atoms with E-state index in [4.69, 9.17) is 0 Å². The van der Waals surface area contributed by atoms with Crippen LogP contribution in [0.25, 0.3) is 0 Å². The van der Waals surface area contributed by atoms with Crippen molar-refractivity contribution in [3.8, 4) is 11.9 Å². The summed E-state index contributed by atoms with van der Waals surface area (Å²) >= 11 is 0. The molecule has 134 valence electrons. The number of pyridine rings is 1. The number of aromatic hydroxyl groups is 1. The Labute approximate surface area is 157 Å². The van der Waals surface area contributed by atoms with Gasteiger partial charge >= 0.3 is 0 Å². The minimum atomic E-state index is -0.510.